The SMILES string of the molecule is NCc1cc(S(=O)(=O)Nc2ccc(Br)cc2F)ccc1F. The standard InChI is InChI=1S/C13H11BrF2N2O2S/c14-9-1-4-13(12(16)6-9)18-21(19,20)10-2-3-11(15)8(5-10)7-17/h1-6,18H,7,17H2. The molecule has 8 heteroatoms. The molecule has 4 nitrogen and oxygen atoms in total. The molecule has 0 saturated heterocycles. The molecule has 0 saturated carbocycles. The quantitative estimate of drug-likeness (QED) is 0.861. The van der Waals surface area contributed by atoms with Gasteiger partial charge in [0.25, 0.3) is 10.0 Å². The molecule has 0 aromatic heterocycles. The van der Waals surface area contributed by atoms with Crippen LogP contribution in [0, 0.1) is 11.6 Å². The monoisotopic (exact) mass is 376 g/mol. The van der Waals surface area contributed by atoms with E-state index in [1.165, 1.54) is 12.1 Å². The van der Waals surface area contributed by atoms with Crippen molar-refractivity contribution in [1.29, 1.82) is 0 Å². The topological polar surface area (TPSA) is 72.2 Å². The first-order chi connectivity index (χ1) is 9.83. The largest absolute Gasteiger partial charge is 0.326 e. The van der Waals surface area contributed by atoms with Gasteiger partial charge in [-0.05, 0) is 36.4 Å². The van der Waals surface area contributed by atoms with Crippen molar-refractivity contribution in [2.45, 2.75) is 11.4 Å². The minimum absolute atomic E-state index is 0.0640. The highest BCUT2D eigenvalue weighted by Gasteiger charge is 2.18. The van der Waals surface area contributed by atoms with Crippen LogP contribution in [0.4, 0.5) is 14.5 Å². The van der Waals surface area contributed by atoms with Crippen LogP contribution in [0.1, 0.15) is 5.56 Å². The average molecular weight is 377 g/mol. The van der Waals surface area contributed by atoms with Gasteiger partial charge in [0.1, 0.15) is 11.6 Å². The Bertz CT molecular complexity index is 782. The highest BCUT2D eigenvalue weighted by molar-refractivity contribution is 9.10. The van der Waals surface area contributed by atoms with Gasteiger partial charge in [0.2, 0.25) is 0 Å². The number of halogens is 3. The van der Waals surface area contributed by atoms with Crippen LogP contribution in [-0.2, 0) is 16.6 Å². The van der Waals surface area contributed by atoms with E-state index in [4.69, 9.17) is 5.73 Å². The van der Waals surface area contributed by atoms with E-state index in [9.17, 15) is 17.2 Å². The summed E-state index contributed by atoms with van der Waals surface area (Å²) in [4.78, 5) is -0.188. The van der Waals surface area contributed by atoms with Gasteiger partial charge in [-0.2, -0.15) is 0 Å². The fourth-order valence-electron chi connectivity index (χ4n) is 1.65. The van der Waals surface area contributed by atoms with Crippen molar-refractivity contribution in [2.24, 2.45) is 5.73 Å². The second-order valence-electron chi connectivity index (χ2n) is 4.19. The number of sulfonamides is 1. The number of benzene rings is 2. The first kappa shape index (κ1) is 15.9. The molecule has 0 aliphatic heterocycles. The number of nitrogens with one attached hydrogen (secondary N) is 1. The Kier molecular flexibility index (Phi) is 4.60. The van der Waals surface area contributed by atoms with Gasteiger partial charge in [0.15, 0.2) is 0 Å². The van der Waals surface area contributed by atoms with E-state index in [2.05, 4.69) is 20.7 Å². The van der Waals surface area contributed by atoms with E-state index >= 15 is 0 Å². The molecule has 3 N–H and O–H groups in total. The third-order valence-electron chi connectivity index (χ3n) is 2.72. The Morgan fingerprint density at radius 1 is 1.10 bits per heavy atom. The molecule has 2 rings (SSSR count). The van der Waals surface area contributed by atoms with E-state index in [0.717, 1.165) is 24.3 Å². The molecule has 112 valence electrons. The molecular formula is C13H11BrF2N2O2S. The molecule has 0 aliphatic carbocycles. The molecule has 0 amide bonds. The lowest BCUT2D eigenvalue weighted by Gasteiger charge is -2.10. The van der Waals surface area contributed by atoms with Crippen LogP contribution >= 0.6 is 15.9 Å². The molecule has 0 heterocycles. The van der Waals surface area contributed by atoms with E-state index in [1.807, 2.05) is 0 Å². The predicted molar refractivity (Wildman–Crippen MR) is 79.2 cm³/mol. The molecule has 0 atom stereocenters. The van der Waals surface area contributed by atoms with Crippen molar-refractivity contribution in [2.75, 3.05) is 4.72 Å². The normalized spacial score (nSPS) is 11.4. The van der Waals surface area contributed by atoms with Gasteiger partial charge in [-0.25, -0.2) is 17.2 Å². The maximum absolute atomic E-state index is 13.7. The minimum Gasteiger partial charge on any atom is -0.326 e. The van der Waals surface area contributed by atoms with Crippen molar-refractivity contribution >= 4 is 31.6 Å². The lowest BCUT2D eigenvalue weighted by Crippen LogP contribution is -2.15. The molecule has 0 aliphatic rings. The first-order valence-electron chi connectivity index (χ1n) is 5.80. The van der Waals surface area contributed by atoms with E-state index in [1.54, 1.807) is 0 Å². The minimum atomic E-state index is -4.03. The zero-order valence-corrected chi connectivity index (χ0v) is 13.0. The first-order valence-corrected chi connectivity index (χ1v) is 8.07. The summed E-state index contributed by atoms with van der Waals surface area (Å²) in [6.45, 7) is -0.137. The van der Waals surface area contributed by atoms with Gasteiger partial charge in [0, 0.05) is 16.6 Å². The summed E-state index contributed by atoms with van der Waals surface area (Å²) >= 11 is 3.07. The Balaban J connectivity index is 2.38. The Hall–Kier alpha value is -1.51. The fourth-order valence-corrected chi connectivity index (χ4v) is 3.10. The number of hydrogen-bond donors (Lipinski definition) is 2. The van der Waals surface area contributed by atoms with Crippen LogP contribution in [-0.4, -0.2) is 8.42 Å². The highest BCUT2D eigenvalue weighted by Crippen LogP contribution is 2.23. The van der Waals surface area contributed by atoms with Crippen LogP contribution in [0.3, 0.4) is 0 Å². The molecule has 0 unspecified atom stereocenters. The van der Waals surface area contributed by atoms with Crippen LogP contribution < -0.4 is 10.5 Å². The van der Waals surface area contributed by atoms with Gasteiger partial charge in [-0.3, -0.25) is 4.72 Å². The Morgan fingerprint density at radius 3 is 2.43 bits per heavy atom. The van der Waals surface area contributed by atoms with Gasteiger partial charge in [0.05, 0.1) is 10.6 Å². The van der Waals surface area contributed by atoms with Crippen LogP contribution in [0.2, 0.25) is 0 Å². The molecule has 2 aromatic carbocycles. The van der Waals surface area contributed by atoms with Crippen molar-refractivity contribution in [3.05, 3.63) is 58.1 Å². The molecule has 0 bridgehead atoms. The van der Waals surface area contributed by atoms with Crippen molar-refractivity contribution in [3.8, 4) is 0 Å². The van der Waals surface area contributed by atoms with Crippen LogP contribution in [0.15, 0.2) is 45.8 Å². The number of hydrogen-bond acceptors (Lipinski definition) is 3. The summed E-state index contributed by atoms with van der Waals surface area (Å²) < 4.78 is 53.9. The lowest BCUT2D eigenvalue weighted by molar-refractivity contribution is 0.594. The van der Waals surface area contributed by atoms with Crippen LogP contribution in [0.5, 0.6) is 0 Å². The molecule has 2 aromatic rings. The summed E-state index contributed by atoms with van der Waals surface area (Å²) in [6, 6.07) is 7.13. The van der Waals surface area contributed by atoms with E-state index < -0.39 is 21.7 Å². The van der Waals surface area contributed by atoms with E-state index in [-0.39, 0.29) is 22.7 Å². The van der Waals surface area contributed by atoms with Gasteiger partial charge >= 0.3 is 0 Å². The summed E-state index contributed by atoms with van der Waals surface area (Å²) in [5.74, 6) is -1.32. The zero-order chi connectivity index (χ0) is 15.6. The zero-order valence-electron chi connectivity index (χ0n) is 10.6. The fraction of sp³-hybridized carbons (Fsp3) is 0.0769. The van der Waals surface area contributed by atoms with Gasteiger partial charge in [-0.15, -0.1) is 0 Å². The Morgan fingerprint density at radius 2 is 1.81 bits per heavy atom. The maximum Gasteiger partial charge on any atom is 0.261 e. The molecule has 0 spiro atoms. The summed E-state index contributed by atoms with van der Waals surface area (Å²) in [6.07, 6.45) is 0. The summed E-state index contributed by atoms with van der Waals surface area (Å²) in [7, 11) is -4.03. The number of rotatable bonds is 4. The second-order valence-corrected chi connectivity index (χ2v) is 6.79. The smallest absolute Gasteiger partial charge is 0.261 e. The van der Waals surface area contributed by atoms with Gasteiger partial charge < -0.3 is 5.73 Å². The molecule has 0 fully saturated rings. The van der Waals surface area contributed by atoms with Crippen molar-refractivity contribution in [3.63, 3.8) is 0 Å². The summed E-state index contributed by atoms with van der Waals surface area (Å²) in [5, 5.41) is 0. The molecule has 0 radical (unpaired) electrons. The number of anilines is 1. The lowest BCUT2D eigenvalue weighted by atomic mass is 10.2. The number of nitrogens with two attached hydrogens (primary N) is 1. The van der Waals surface area contributed by atoms with Crippen LogP contribution in [0.25, 0.3) is 0 Å². The molecular weight excluding hydrogens is 366 g/mol. The predicted octanol–water partition coefficient (Wildman–Crippen LogP) is 2.99. The third-order valence-corrected chi connectivity index (χ3v) is 4.58. The average Bonchev–Trinajstić information content (AvgIpc) is 2.42. The maximum atomic E-state index is 13.7. The van der Waals surface area contributed by atoms with Crippen molar-refractivity contribution in [1.82, 2.24) is 0 Å². The van der Waals surface area contributed by atoms with E-state index in [0.29, 0.717) is 4.47 Å². The van der Waals surface area contributed by atoms with Gasteiger partial charge in [-0.1, -0.05) is 15.9 Å². The second kappa shape index (κ2) is 6.08. The Labute approximate surface area is 129 Å². The highest BCUT2D eigenvalue weighted by atomic mass is 79.9. The third kappa shape index (κ3) is 3.58. The molecule has 21 heavy (non-hydrogen) atoms. The summed E-state index contributed by atoms with van der Waals surface area (Å²) in [5.41, 5.74) is 5.20. The van der Waals surface area contributed by atoms with Crippen molar-refractivity contribution < 1.29 is 17.2 Å².